The van der Waals surface area contributed by atoms with Crippen LogP contribution >= 0.6 is 0 Å². The molecule has 7 rings (SSSR count). The molecule has 4 N–H and O–H groups in total. The number of para-hydroxylation sites is 1. The van der Waals surface area contributed by atoms with Crippen LogP contribution in [0.4, 0.5) is 17.3 Å². The number of aromatic amines is 1. The molecule has 1 aliphatic rings. The number of nitrogens with one attached hydrogen (secondary N) is 2. The molecule has 1 saturated heterocycles. The van der Waals surface area contributed by atoms with Crippen molar-refractivity contribution in [1.82, 2.24) is 34.6 Å². The number of H-pyrrole nitrogens is 1. The van der Waals surface area contributed by atoms with Crippen molar-refractivity contribution in [2.24, 2.45) is 0 Å². The van der Waals surface area contributed by atoms with Crippen LogP contribution in [-0.2, 0) is 4.79 Å². The lowest BCUT2D eigenvalue weighted by Crippen LogP contribution is -2.44. The maximum atomic E-state index is 13.5. The Bertz CT molecular complexity index is 2150. The number of esters is 1. The maximum Gasteiger partial charge on any atom is 0.308 e. The summed E-state index contributed by atoms with van der Waals surface area (Å²) in [6.45, 7) is 4.95. The molecular weight excluding hydrogens is 600 g/mol. The van der Waals surface area contributed by atoms with Crippen molar-refractivity contribution in [2.45, 2.75) is 6.92 Å². The second-order valence-electron chi connectivity index (χ2n) is 11.2. The van der Waals surface area contributed by atoms with Gasteiger partial charge in [0, 0.05) is 61.8 Å². The van der Waals surface area contributed by atoms with Gasteiger partial charge in [0.05, 0.1) is 23.9 Å². The molecule has 5 heterocycles. The first-order valence-electron chi connectivity index (χ1n) is 15.0. The maximum absolute atomic E-state index is 13.5. The number of anilines is 3. The van der Waals surface area contributed by atoms with Gasteiger partial charge in [0.25, 0.3) is 5.91 Å². The highest BCUT2D eigenvalue weighted by molar-refractivity contribution is 6.11. The van der Waals surface area contributed by atoms with Gasteiger partial charge in [0.1, 0.15) is 35.1 Å². The molecule has 0 radical (unpaired) electrons. The van der Waals surface area contributed by atoms with Crippen molar-refractivity contribution in [1.29, 1.82) is 0 Å². The number of carbonyl (C=O) groups is 2. The normalized spacial score (nSPS) is 13.6. The summed E-state index contributed by atoms with van der Waals surface area (Å²) in [6, 6.07) is 16.3. The number of ether oxygens (including phenoxy) is 2. The number of pyridine rings is 1. The molecule has 0 aliphatic carbocycles. The van der Waals surface area contributed by atoms with Gasteiger partial charge in [-0.1, -0.05) is 18.2 Å². The molecule has 14 nitrogen and oxygen atoms in total. The minimum atomic E-state index is -0.539. The van der Waals surface area contributed by atoms with Crippen molar-refractivity contribution in [3.8, 4) is 28.4 Å². The van der Waals surface area contributed by atoms with Gasteiger partial charge in [-0.15, -0.1) is 0 Å². The lowest BCUT2D eigenvalue weighted by Gasteiger charge is -2.33. The average molecular weight is 633 g/mol. The quantitative estimate of drug-likeness (QED) is 0.218. The fourth-order valence-corrected chi connectivity index (χ4v) is 5.76. The Hall–Kier alpha value is -6.02. The Kier molecular flexibility index (Phi) is 7.61. The van der Waals surface area contributed by atoms with Gasteiger partial charge in [-0.25, -0.2) is 19.6 Å². The minimum Gasteiger partial charge on any atom is -0.495 e. The molecular formula is C33H32N10O4. The number of fused-ring (bicyclic) bond motifs is 2. The van der Waals surface area contributed by atoms with Crippen LogP contribution in [0.2, 0.25) is 0 Å². The van der Waals surface area contributed by atoms with Crippen molar-refractivity contribution < 1.29 is 19.1 Å². The van der Waals surface area contributed by atoms with Crippen molar-refractivity contribution >= 4 is 51.1 Å². The lowest BCUT2D eigenvalue weighted by atomic mass is 10.1. The highest BCUT2D eigenvalue weighted by atomic mass is 16.5. The summed E-state index contributed by atoms with van der Waals surface area (Å²) in [7, 11) is 3.62. The first-order valence-corrected chi connectivity index (χ1v) is 15.0. The Labute approximate surface area is 269 Å². The summed E-state index contributed by atoms with van der Waals surface area (Å²) >= 11 is 0. The number of hydrogen-bond donors (Lipinski definition) is 3. The molecule has 47 heavy (non-hydrogen) atoms. The number of nitrogens with zero attached hydrogens (tertiary/aromatic N) is 7. The molecule has 6 aromatic rings. The topological polar surface area (TPSA) is 169 Å². The standard InChI is InChI=1S/C33H32N10O4/c1-19(44)47-30-22-6-4-5-7-23(22)38-29(30)33(45)39-24-9-8-20(16-25(24)46-3)28-27-31(34)36-18-37-32(27)43(40-28)21-10-11-35-26(17-21)42-14-12-41(2)13-15-42/h4-11,16-18,38H,12-15H2,1-3H3,(H,39,45)(H2,34,36,37). The number of nitrogen functional groups attached to an aromatic ring is 1. The van der Waals surface area contributed by atoms with Gasteiger partial charge in [0.2, 0.25) is 0 Å². The van der Waals surface area contributed by atoms with Crippen LogP contribution in [-0.4, -0.2) is 86.8 Å². The van der Waals surface area contributed by atoms with Crippen LogP contribution in [0.1, 0.15) is 17.4 Å². The first kappa shape index (κ1) is 29.7. The van der Waals surface area contributed by atoms with Gasteiger partial charge in [-0.3, -0.25) is 9.59 Å². The van der Waals surface area contributed by atoms with Crippen LogP contribution in [0.15, 0.2) is 67.1 Å². The van der Waals surface area contributed by atoms with Crippen molar-refractivity contribution in [2.75, 3.05) is 56.3 Å². The molecule has 0 saturated carbocycles. The van der Waals surface area contributed by atoms with Crippen molar-refractivity contribution in [3.05, 3.63) is 72.8 Å². The highest BCUT2D eigenvalue weighted by Crippen LogP contribution is 2.37. The molecule has 0 unspecified atom stereocenters. The SMILES string of the molecule is COc1cc(-c2nn(-c3ccnc(N4CCN(C)CC4)c3)c3ncnc(N)c23)ccc1NC(=O)c1[nH]c2ccccc2c1OC(C)=O. The zero-order chi connectivity index (χ0) is 32.7. The van der Waals surface area contributed by atoms with E-state index in [1.807, 2.05) is 18.2 Å². The summed E-state index contributed by atoms with van der Waals surface area (Å²) in [4.78, 5) is 46.3. The number of hydrogen-bond acceptors (Lipinski definition) is 11. The van der Waals surface area contributed by atoms with Gasteiger partial charge in [-0.05, 0) is 37.4 Å². The van der Waals surface area contributed by atoms with Crippen LogP contribution in [0, 0.1) is 0 Å². The summed E-state index contributed by atoms with van der Waals surface area (Å²) in [6.07, 6.45) is 3.18. The third kappa shape index (κ3) is 5.55. The molecule has 4 aromatic heterocycles. The van der Waals surface area contributed by atoms with E-state index in [2.05, 4.69) is 42.1 Å². The van der Waals surface area contributed by atoms with Crippen molar-refractivity contribution in [3.63, 3.8) is 0 Å². The van der Waals surface area contributed by atoms with Gasteiger partial charge < -0.3 is 35.3 Å². The molecule has 1 fully saturated rings. The van der Waals surface area contributed by atoms with Gasteiger partial charge >= 0.3 is 5.97 Å². The number of carbonyl (C=O) groups excluding carboxylic acids is 2. The molecule has 0 spiro atoms. The highest BCUT2D eigenvalue weighted by Gasteiger charge is 2.24. The van der Waals surface area contributed by atoms with E-state index in [0.717, 1.165) is 37.7 Å². The second kappa shape index (κ2) is 12.1. The fourth-order valence-electron chi connectivity index (χ4n) is 5.76. The smallest absolute Gasteiger partial charge is 0.308 e. The van der Waals surface area contributed by atoms with E-state index in [1.165, 1.54) is 20.4 Å². The fraction of sp³-hybridized carbons (Fsp3) is 0.212. The average Bonchev–Trinajstić information content (AvgIpc) is 3.65. The van der Waals surface area contributed by atoms with Crippen LogP contribution in [0.3, 0.4) is 0 Å². The number of aromatic nitrogens is 6. The number of benzene rings is 2. The third-order valence-corrected chi connectivity index (χ3v) is 8.15. The number of rotatable bonds is 7. The predicted molar refractivity (Wildman–Crippen MR) is 178 cm³/mol. The third-order valence-electron chi connectivity index (χ3n) is 8.15. The molecule has 1 aliphatic heterocycles. The Morgan fingerprint density at radius 2 is 1.81 bits per heavy atom. The van der Waals surface area contributed by atoms with Crippen LogP contribution in [0.25, 0.3) is 38.9 Å². The molecule has 14 heteroatoms. The Morgan fingerprint density at radius 1 is 1.00 bits per heavy atom. The zero-order valence-corrected chi connectivity index (χ0v) is 26.0. The lowest BCUT2D eigenvalue weighted by molar-refractivity contribution is -0.131. The Balaban J connectivity index is 1.24. The number of nitrogens with two attached hydrogens (primary N) is 1. The van der Waals surface area contributed by atoms with E-state index < -0.39 is 11.9 Å². The van der Waals surface area contributed by atoms with Gasteiger partial charge in [-0.2, -0.15) is 5.10 Å². The Morgan fingerprint density at radius 3 is 2.60 bits per heavy atom. The number of methoxy groups -OCH3 is 1. The summed E-state index contributed by atoms with van der Waals surface area (Å²) in [5, 5.41) is 9.01. The van der Waals surface area contributed by atoms with E-state index in [4.69, 9.17) is 20.3 Å². The molecule has 238 valence electrons. The molecule has 1 amide bonds. The number of piperazine rings is 1. The second-order valence-corrected chi connectivity index (χ2v) is 11.2. The van der Waals surface area contributed by atoms with Gasteiger partial charge in [0.15, 0.2) is 11.4 Å². The number of amides is 1. The monoisotopic (exact) mass is 632 g/mol. The van der Waals surface area contributed by atoms with E-state index >= 15 is 0 Å². The molecule has 0 bridgehead atoms. The van der Waals surface area contributed by atoms with E-state index in [9.17, 15) is 9.59 Å². The first-order chi connectivity index (χ1) is 22.8. The van der Waals surface area contributed by atoms with E-state index in [1.54, 1.807) is 47.3 Å². The molecule has 0 atom stereocenters. The summed E-state index contributed by atoms with van der Waals surface area (Å²) in [5.74, 6) is 0.614. The van der Waals surface area contributed by atoms with Crippen LogP contribution in [0.5, 0.6) is 11.5 Å². The van der Waals surface area contributed by atoms with E-state index in [0.29, 0.717) is 44.6 Å². The summed E-state index contributed by atoms with van der Waals surface area (Å²) in [5.41, 5.74) is 10.1. The van der Waals surface area contributed by atoms with Crippen LogP contribution < -0.4 is 25.4 Å². The largest absolute Gasteiger partial charge is 0.495 e. The minimum absolute atomic E-state index is 0.107. The predicted octanol–water partition coefficient (Wildman–Crippen LogP) is 3.88. The van der Waals surface area contributed by atoms with E-state index in [-0.39, 0.29) is 17.3 Å². The molecule has 2 aromatic carbocycles. The summed E-state index contributed by atoms with van der Waals surface area (Å²) < 4.78 is 12.9. The number of likely N-dealkylation sites (N-methyl/N-ethyl adjacent to an activating group) is 1. The zero-order valence-electron chi connectivity index (χ0n) is 26.0.